The van der Waals surface area contributed by atoms with Crippen LogP contribution < -0.4 is 11.2 Å². The fourth-order valence-corrected chi connectivity index (χ4v) is 3.70. The first-order chi connectivity index (χ1) is 10.1. The van der Waals surface area contributed by atoms with E-state index in [4.69, 9.17) is 5.90 Å². The predicted molar refractivity (Wildman–Crippen MR) is 76.9 cm³/mol. The Morgan fingerprint density at radius 1 is 1.24 bits per heavy atom. The molecule has 1 aliphatic heterocycles. The van der Waals surface area contributed by atoms with E-state index in [1.54, 1.807) is 0 Å². The third-order valence-electron chi connectivity index (χ3n) is 3.32. The maximum atomic E-state index is 12.3. The summed E-state index contributed by atoms with van der Waals surface area (Å²) in [5.74, 6) is 4.56. The number of rotatable bonds is 6. The Labute approximate surface area is 124 Å². The summed E-state index contributed by atoms with van der Waals surface area (Å²) in [6, 6.07) is 5.92. The first-order valence-electron chi connectivity index (χ1n) is 6.76. The molecule has 1 fully saturated rings. The minimum absolute atomic E-state index is 0.214. The summed E-state index contributed by atoms with van der Waals surface area (Å²) in [5.41, 5.74) is 0.396. The number of amides is 1. The molecule has 0 bridgehead atoms. The molecule has 116 valence electrons. The zero-order valence-electron chi connectivity index (χ0n) is 11.6. The SMILES string of the molecule is NOCCNC(=O)c1ccc(S(=O)(=O)N2CCCC2)cc1. The largest absolute Gasteiger partial charge is 0.350 e. The van der Waals surface area contributed by atoms with Crippen LogP contribution in [-0.2, 0) is 14.9 Å². The van der Waals surface area contributed by atoms with Crippen LogP contribution in [0.5, 0.6) is 0 Å². The topological polar surface area (TPSA) is 102 Å². The Morgan fingerprint density at radius 2 is 1.86 bits per heavy atom. The van der Waals surface area contributed by atoms with Gasteiger partial charge in [0.1, 0.15) is 0 Å². The number of sulfonamides is 1. The van der Waals surface area contributed by atoms with E-state index in [9.17, 15) is 13.2 Å². The normalized spacial score (nSPS) is 16.0. The number of hydrogen-bond acceptors (Lipinski definition) is 5. The van der Waals surface area contributed by atoms with Crippen LogP contribution in [0.15, 0.2) is 29.2 Å². The molecular weight excluding hydrogens is 294 g/mol. The van der Waals surface area contributed by atoms with Crippen molar-refractivity contribution in [2.75, 3.05) is 26.2 Å². The van der Waals surface area contributed by atoms with Crippen LogP contribution in [-0.4, -0.2) is 44.9 Å². The van der Waals surface area contributed by atoms with E-state index in [-0.39, 0.29) is 17.4 Å². The lowest BCUT2D eigenvalue weighted by Crippen LogP contribution is -2.29. The number of nitrogens with one attached hydrogen (secondary N) is 1. The van der Waals surface area contributed by atoms with Crippen molar-refractivity contribution in [3.8, 4) is 0 Å². The Kier molecular flexibility index (Phi) is 5.29. The zero-order chi connectivity index (χ0) is 15.3. The van der Waals surface area contributed by atoms with Gasteiger partial charge in [-0.25, -0.2) is 14.3 Å². The van der Waals surface area contributed by atoms with E-state index in [2.05, 4.69) is 10.2 Å². The van der Waals surface area contributed by atoms with E-state index in [1.165, 1.54) is 28.6 Å². The molecule has 2 rings (SSSR count). The molecule has 0 unspecified atom stereocenters. The van der Waals surface area contributed by atoms with Crippen LogP contribution in [0.2, 0.25) is 0 Å². The molecule has 0 aromatic heterocycles. The number of nitrogens with two attached hydrogens (primary N) is 1. The standard InChI is InChI=1S/C13H19N3O4S/c14-20-10-7-15-13(17)11-3-5-12(6-4-11)21(18,19)16-8-1-2-9-16/h3-6H,1-2,7-10,14H2,(H,15,17). The highest BCUT2D eigenvalue weighted by atomic mass is 32.2. The van der Waals surface area contributed by atoms with E-state index in [1.807, 2.05) is 0 Å². The summed E-state index contributed by atoms with van der Waals surface area (Å²) >= 11 is 0. The van der Waals surface area contributed by atoms with Gasteiger partial charge in [-0.05, 0) is 37.1 Å². The maximum Gasteiger partial charge on any atom is 0.251 e. The van der Waals surface area contributed by atoms with Gasteiger partial charge in [-0.1, -0.05) is 0 Å². The lowest BCUT2D eigenvalue weighted by molar-refractivity contribution is 0.0916. The van der Waals surface area contributed by atoms with Crippen LogP contribution in [0, 0.1) is 0 Å². The molecule has 0 atom stereocenters. The molecule has 3 N–H and O–H groups in total. The molecule has 1 saturated heterocycles. The summed E-state index contributed by atoms with van der Waals surface area (Å²) in [6.07, 6.45) is 1.78. The summed E-state index contributed by atoms with van der Waals surface area (Å²) in [6.45, 7) is 1.63. The zero-order valence-corrected chi connectivity index (χ0v) is 12.4. The molecule has 1 amide bonds. The van der Waals surface area contributed by atoms with E-state index >= 15 is 0 Å². The quantitative estimate of drug-likeness (QED) is 0.572. The van der Waals surface area contributed by atoms with Crippen molar-refractivity contribution >= 4 is 15.9 Å². The summed E-state index contributed by atoms with van der Waals surface area (Å²) < 4.78 is 26.1. The smallest absolute Gasteiger partial charge is 0.251 e. The molecule has 0 spiro atoms. The number of carbonyl (C=O) groups excluding carboxylic acids is 1. The number of nitrogens with zero attached hydrogens (tertiary/aromatic N) is 1. The first-order valence-corrected chi connectivity index (χ1v) is 8.20. The second kappa shape index (κ2) is 6.99. The van der Waals surface area contributed by atoms with Gasteiger partial charge in [0, 0.05) is 25.2 Å². The van der Waals surface area contributed by atoms with Crippen LogP contribution in [0.1, 0.15) is 23.2 Å². The molecule has 1 aromatic rings. The summed E-state index contributed by atoms with van der Waals surface area (Å²) in [4.78, 5) is 16.3. The van der Waals surface area contributed by atoms with Crippen LogP contribution in [0.3, 0.4) is 0 Å². The molecule has 0 saturated carbocycles. The molecular formula is C13H19N3O4S. The van der Waals surface area contributed by atoms with Gasteiger partial charge in [0.2, 0.25) is 10.0 Å². The number of carbonyl (C=O) groups is 1. The predicted octanol–water partition coefficient (Wildman–Crippen LogP) is 0.0912. The highest BCUT2D eigenvalue weighted by Crippen LogP contribution is 2.20. The molecule has 1 aromatic carbocycles. The van der Waals surface area contributed by atoms with Crippen molar-refractivity contribution in [1.82, 2.24) is 9.62 Å². The number of benzene rings is 1. The summed E-state index contributed by atoms with van der Waals surface area (Å²) in [5, 5.41) is 2.61. The molecule has 1 aliphatic rings. The van der Waals surface area contributed by atoms with E-state index in [0.29, 0.717) is 25.2 Å². The van der Waals surface area contributed by atoms with Gasteiger partial charge in [-0.3, -0.25) is 4.79 Å². The van der Waals surface area contributed by atoms with E-state index < -0.39 is 10.0 Å². The van der Waals surface area contributed by atoms with Gasteiger partial charge in [0.15, 0.2) is 0 Å². The van der Waals surface area contributed by atoms with Crippen molar-refractivity contribution in [2.45, 2.75) is 17.7 Å². The van der Waals surface area contributed by atoms with Crippen molar-refractivity contribution in [2.24, 2.45) is 5.90 Å². The van der Waals surface area contributed by atoms with Crippen molar-refractivity contribution in [3.05, 3.63) is 29.8 Å². The Balaban J connectivity index is 2.06. The fourth-order valence-electron chi connectivity index (χ4n) is 2.18. The van der Waals surface area contributed by atoms with Gasteiger partial charge >= 0.3 is 0 Å². The Bertz CT molecular complexity index is 580. The molecule has 0 radical (unpaired) electrons. The van der Waals surface area contributed by atoms with Gasteiger partial charge in [0.05, 0.1) is 11.5 Å². The van der Waals surface area contributed by atoms with E-state index in [0.717, 1.165) is 12.8 Å². The van der Waals surface area contributed by atoms with Crippen LogP contribution >= 0.6 is 0 Å². The second-order valence-corrected chi connectivity index (χ2v) is 6.70. The fraction of sp³-hybridized carbons (Fsp3) is 0.462. The van der Waals surface area contributed by atoms with Crippen LogP contribution in [0.25, 0.3) is 0 Å². The number of hydrogen-bond donors (Lipinski definition) is 2. The summed E-state index contributed by atoms with van der Waals surface area (Å²) in [7, 11) is -3.44. The van der Waals surface area contributed by atoms with Crippen molar-refractivity contribution < 1.29 is 18.0 Å². The molecule has 7 nitrogen and oxygen atoms in total. The van der Waals surface area contributed by atoms with Gasteiger partial charge in [-0.15, -0.1) is 0 Å². The maximum absolute atomic E-state index is 12.3. The highest BCUT2D eigenvalue weighted by Gasteiger charge is 2.27. The van der Waals surface area contributed by atoms with Crippen molar-refractivity contribution in [3.63, 3.8) is 0 Å². The van der Waals surface area contributed by atoms with Gasteiger partial charge < -0.3 is 10.2 Å². The highest BCUT2D eigenvalue weighted by molar-refractivity contribution is 7.89. The molecule has 21 heavy (non-hydrogen) atoms. The third kappa shape index (κ3) is 3.79. The average Bonchev–Trinajstić information content (AvgIpc) is 3.02. The first kappa shape index (κ1) is 15.9. The van der Waals surface area contributed by atoms with Gasteiger partial charge in [0.25, 0.3) is 5.91 Å². The van der Waals surface area contributed by atoms with Crippen LogP contribution in [0.4, 0.5) is 0 Å². The minimum atomic E-state index is -3.44. The van der Waals surface area contributed by atoms with Gasteiger partial charge in [-0.2, -0.15) is 4.31 Å². The monoisotopic (exact) mass is 313 g/mol. The molecule has 8 heteroatoms. The minimum Gasteiger partial charge on any atom is -0.350 e. The Hall–Kier alpha value is -1.48. The second-order valence-electron chi connectivity index (χ2n) is 4.76. The third-order valence-corrected chi connectivity index (χ3v) is 5.24. The lowest BCUT2D eigenvalue weighted by Gasteiger charge is -2.15. The Morgan fingerprint density at radius 3 is 2.43 bits per heavy atom. The molecule has 0 aliphatic carbocycles. The average molecular weight is 313 g/mol. The molecule has 1 heterocycles. The van der Waals surface area contributed by atoms with Crippen molar-refractivity contribution in [1.29, 1.82) is 0 Å². The lowest BCUT2D eigenvalue weighted by atomic mass is 10.2.